The Morgan fingerprint density at radius 2 is 1.60 bits per heavy atom. The van der Waals surface area contributed by atoms with Crippen molar-refractivity contribution in [3.8, 4) is 0 Å². The third kappa shape index (κ3) is 7.76. The number of hydrogen-bond donors (Lipinski definition) is 2. The number of aliphatic hydroxyl groups is 1. The third-order valence-corrected chi connectivity index (χ3v) is 7.07. The molecule has 1 amide bonds. The minimum Gasteiger partial charge on any atom is -0.453 e. The smallest absolute Gasteiger partial charge is 0.303 e. The summed E-state index contributed by atoms with van der Waals surface area (Å²) < 4.78 is 18.0. The monoisotopic (exact) mass is 546 g/mol. The average molecular weight is 547 g/mol. The van der Waals surface area contributed by atoms with E-state index < -0.39 is 24.3 Å². The second-order valence-electron chi connectivity index (χ2n) is 10.4. The summed E-state index contributed by atoms with van der Waals surface area (Å²) in [7, 11) is 2.09. The number of carbonyl (C=O) groups excluding carboxylic acids is 2. The highest BCUT2D eigenvalue weighted by atomic mass is 16.7. The van der Waals surface area contributed by atoms with Gasteiger partial charge in [0.25, 0.3) is 5.91 Å². The quantitative estimate of drug-likeness (QED) is 0.346. The number of carbonyl (C=O) groups is 2. The van der Waals surface area contributed by atoms with E-state index in [-0.39, 0.29) is 24.7 Å². The fourth-order valence-electron chi connectivity index (χ4n) is 4.86. The molecule has 0 aliphatic carbocycles. The van der Waals surface area contributed by atoms with Gasteiger partial charge in [0.2, 0.25) is 0 Å². The topological polar surface area (TPSA) is 97.3 Å². The molecule has 40 heavy (non-hydrogen) atoms. The van der Waals surface area contributed by atoms with Gasteiger partial charge in [0.1, 0.15) is 0 Å². The number of likely N-dealkylation sites (N-methyl/N-ethyl adjacent to an activating group) is 1. The van der Waals surface area contributed by atoms with Crippen LogP contribution in [0.2, 0.25) is 0 Å². The summed E-state index contributed by atoms with van der Waals surface area (Å²) in [5, 5.41) is 12.2. The molecule has 1 saturated heterocycles. The largest absolute Gasteiger partial charge is 0.453 e. The van der Waals surface area contributed by atoms with Crippen LogP contribution in [0.3, 0.4) is 0 Å². The summed E-state index contributed by atoms with van der Waals surface area (Å²) in [6.07, 6.45) is -1.83. The lowest BCUT2D eigenvalue weighted by Gasteiger charge is -2.42. The molecule has 0 bridgehead atoms. The molecule has 3 aromatic carbocycles. The average Bonchev–Trinajstić information content (AvgIpc) is 2.95. The van der Waals surface area contributed by atoms with Crippen LogP contribution in [0.4, 0.5) is 5.69 Å². The van der Waals surface area contributed by atoms with Crippen LogP contribution in [0.15, 0.2) is 78.9 Å². The van der Waals surface area contributed by atoms with Crippen molar-refractivity contribution in [1.29, 1.82) is 0 Å². The van der Waals surface area contributed by atoms with E-state index in [2.05, 4.69) is 36.3 Å². The predicted octanol–water partition coefficient (Wildman–Crippen LogP) is 4.99. The molecule has 1 fully saturated rings. The first-order valence-electron chi connectivity index (χ1n) is 13.5. The molecule has 1 heterocycles. The Morgan fingerprint density at radius 3 is 2.23 bits per heavy atom. The number of ether oxygens (including phenoxy) is 3. The zero-order valence-electron chi connectivity index (χ0n) is 23.4. The van der Waals surface area contributed by atoms with E-state index in [0.29, 0.717) is 12.2 Å². The minimum absolute atomic E-state index is 0.0114. The molecule has 0 radical (unpaired) electrons. The Bertz CT molecular complexity index is 1250. The van der Waals surface area contributed by atoms with Crippen molar-refractivity contribution in [1.82, 2.24) is 4.90 Å². The van der Waals surface area contributed by atoms with Crippen molar-refractivity contribution in [2.75, 3.05) is 18.9 Å². The first-order valence-corrected chi connectivity index (χ1v) is 13.5. The third-order valence-electron chi connectivity index (χ3n) is 7.07. The van der Waals surface area contributed by atoms with E-state index in [0.717, 1.165) is 23.2 Å². The Labute approximate surface area is 235 Å². The number of nitrogens with one attached hydrogen (secondary N) is 1. The van der Waals surface area contributed by atoms with Crippen molar-refractivity contribution < 1.29 is 28.9 Å². The van der Waals surface area contributed by atoms with Crippen LogP contribution >= 0.6 is 0 Å². The molecule has 1 aliphatic rings. The van der Waals surface area contributed by atoms with Crippen LogP contribution in [-0.4, -0.2) is 47.7 Å². The Kier molecular flexibility index (Phi) is 10.1. The molecule has 0 saturated carbocycles. The van der Waals surface area contributed by atoms with Gasteiger partial charge < -0.3 is 24.6 Å². The van der Waals surface area contributed by atoms with Crippen LogP contribution in [-0.2, 0) is 37.0 Å². The van der Waals surface area contributed by atoms with Gasteiger partial charge in [0.15, 0.2) is 12.4 Å². The maximum Gasteiger partial charge on any atom is 0.303 e. The van der Waals surface area contributed by atoms with Crippen molar-refractivity contribution in [3.63, 3.8) is 0 Å². The number of rotatable bonds is 10. The number of nitrogens with zero attached hydrogens (tertiary/aromatic N) is 1. The first kappa shape index (κ1) is 29.4. The Hall–Kier alpha value is -3.56. The van der Waals surface area contributed by atoms with Crippen LogP contribution < -0.4 is 5.32 Å². The fourth-order valence-corrected chi connectivity index (χ4v) is 4.86. The van der Waals surface area contributed by atoms with Crippen LogP contribution in [0.1, 0.15) is 55.4 Å². The molecule has 1 aliphatic heterocycles. The van der Waals surface area contributed by atoms with E-state index in [1.54, 1.807) is 12.1 Å². The van der Waals surface area contributed by atoms with Gasteiger partial charge in [-0.05, 0) is 42.8 Å². The lowest BCUT2D eigenvalue weighted by molar-refractivity contribution is -0.276. The maximum atomic E-state index is 12.3. The highest BCUT2D eigenvalue weighted by Gasteiger charge is 2.38. The van der Waals surface area contributed by atoms with E-state index in [9.17, 15) is 14.7 Å². The van der Waals surface area contributed by atoms with E-state index in [4.69, 9.17) is 14.2 Å². The van der Waals surface area contributed by atoms with E-state index in [1.165, 1.54) is 19.4 Å². The van der Waals surface area contributed by atoms with E-state index in [1.807, 2.05) is 54.6 Å². The van der Waals surface area contributed by atoms with Gasteiger partial charge in [0, 0.05) is 37.2 Å². The number of anilines is 1. The number of aliphatic hydroxyl groups excluding tert-OH is 1. The van der Waals surface area contributed by atoms with Crippen molar-refractivity contribution >= 4 is 17.6 Å². The summed E-state index contributed by atoms with van der Waals surface area (Å²) in [6, 6.07) is 25.5. The van der Waals surface area contributed by atoms with Gasteiger partial charge in [-0.2, -0.15) is 0 Å². The molecule has 4 rings (SSSR count). The second-order valence-corrected chi connectivity index (χ2v) is 10.4. The lowest BCUT2D eigenvalue weighted by Crippen LogP contribution is -2.43. The van der Waals surface area contributed by atoms with Gasteiger partial charge in [-0.1, -0.05) is 73.7 Å². The summed E-state index contributed by atoms with van der Waals surface area (Å²) in [5.74, 6) is -0.853. The SMILES string of the molecule is CC(=O)O[C@@H](C)C(=O)Nc1ccc([C@@H]2O[C@H](CN(C)Cc3ccccc3)[C@H](C)[C@H](c3ccc(CO)cc3)O2)cc1. The van der Waals surface area contributed by atoms with Gasteiger partial charge >= 0.3 is 5.97 Å². The number of amides is 1. The van der Waals surface area contributed by atoms with Crippen LogP contribution in [0, 0.1) is 5.92 Å². The molecule has 5 atom stereocenters. The fraction of sp³-hybridized carbons (Fsp3) is 0.375. The lowest BCUT2D eigenvalue weighted by atomic mass is 9.90. The zero-order valence-corrected chi connectivity index (χ0v) is 23.4. The molecular weight excluding hydrogens is 508 g/mol. The molecule has 8 nitrogen and oxygen atoms in total. The first-order chi connectivity index (χ1) is 19.2. The number of hydrogen-bond acceptors (Lipinski definition) is 7. The maximum absolute atomic E-state index is 12.3. The van der Waals surface area contributed by atoms with Gasteiger partial charge in [-0.25, -0.2) is 0 Å². The Balaban J connectivity index is 1.51. The highest BCUT2D eigenvalue weighted by Crippen LogP contribution is 2.42. The zero-order chi connectivity index (χ0) is 28.6. The summed E-state index contributed by atoms with van der Waals surface area (Å²) in [6.45, 7) is 6.44. The standard InChI is InChI=1S/C32H38N2O6/c1-21-29(19-34(4)18-24-8-6-5-7-9-24)39-32(40-30(21)26-12-10-25(20-35)11-13-26)27-14-16-28(17-15-27)33-31(37)22(2)38-23(3)36/h5-17,21-22,29-30,32,35H,18-20H2,1-4H3,(H,33,37)/t21-,22-,29+,30+,32+/m0/s1. The summed E-state index contributed by atoms with van der Waals surface area (Å²) in [4.78, 5) is 25.7. The van der Waals surface area contributed by atoms with Crippen molar-refractivity contribution in [2.24, 2.45) is 5.92 Å². The Morgan fingerprint density at radius 1 is 0.950 bits per heavy atom. The van der Waals surface area contributed by atoms with Crippen LogP contribution in [0.5, 0.6) is 0 Å². The van der Waals surface area contributed by atoms with Gasteiger partial charge in [-0.15, -0.1) is 0 Å². The molecule has 2 N–H and O–H groups in total. The van der Waals surface area contributed by atoms with E-state index >= 15 is 0 Å². The molecule has 0 spiro atoms. The summed E-state index contributed by atoms with van der Waals surface area (Å²) in [5.41, 5.74) is 4.51. The molecule has 0 aromatic heterocycles. The molecule has 3 aromatic rings. The normalized spacial score (nSPS) is 21.6. The van der Waals surface area contributed by atoms with Crippen molar-refractivity contribution in [2.45, 2.75) is 58.5 Å². The molecular formula is C32H38N2O6. The van der Waals surface area contributed by atoms with Gasteiger partial charge in [0.05, 0.1) is 18.8 Å². The molecule has 8 heteroatoms. The summed E-state index contributed by atoms with van der Waals surface area (Å²) >= 11 is 0. The highest BCUT2D eigenvalue weighted by molar-refractivity contribution is 5.94. The van der Waals surface area contributed by atoms with Crippen molar-refractivity contribution in [3.05, 3.63) is 101 Å². The molecule has 0 unspecified atom stereocenters. The number of esters is 1. The predicted molar refractivity (Wildman–Crippen MR) is 152 cm³/mol. The molecule has 212 valence electrons. The minimum atomic E-state index is -0.893. The number of benzene rings is 3. The van der Waals surface area contributed by atoms with Gasteiger partial charge in [-0.3, -0.25) is 14.5 Å². The second kappa shape index (κ2) is 13.7. The van der Waals surface area contributed by atoms with Crippen LogP contribution in [0.25, 0.3) is 0 Å².